The minimum Gasteiger partial charge on any atom is -0.497 e. The van der Waals surface area contributed by atoms with Crippen LogP contribution in [0.15, 0.2) is 47.3 Å². The average Bonchev–Trinajstić information content (AvgIpc) is 2.55. The Bertz CT molecular complexity index is 636. The first-order valence-electron chi connectivity index (χ1n) is 8.19. The summed E-state index contributed by atoms with van der Waals surface area (Å²) in [5, 5.41) is 8.07. The molecule has 1 aromatic heterocycles. The highest BCUT2D eigenvalue weighted by Gasteiger charge is 2.21. The minimum atomic E-state index is -0.605. The highest BCUT2D eigenvalue weighted by Crippen LogP contribution is 2.28. The number of hydrogen-bond donors (Lipinski definition) is 0. The summed E-state index contributed by atoms with van der Waals surface area (Å²) < 4.78 is 10.9. The lowest BCUT2D eigenvalue weighted by Crippen LogP contribution is -2.14. The van der Waals surface area contributed by atoms with E-state index in [1.54, 1.807) is 32.2 Å². The number of allylic oxidation sites excluding steroid dienone is 3. The molecular formula is C18H23N3O3. The van der Waals surface area contributed by atoms with E-state index in [-0.39, 0.29) is 12.0 Å². The number of nitrogens with zero attached hydrogens (tertiary/aromatic N) is 3. The monoisotopic (exact) mass is 329 g/mol. The first-order valence-corrected chi connectivity index (χ1v) is 8.19. The van der Waals surface area contributed by atoms with Crippen LogP contribution in [0, 0.1) is 0 Å². The van der Waals surface area contributed by atoms with Crippen LogP contribution in [0.3, 0.4) is 0 Å². The second-order valence-electron chi connectivity index (χ2n) is 5.70. The fourth-order valence-electron chi connectivity index (χ4n) is 2.17. The van der Waals surface area contributed by atoms with Crippen molar-refractivity contribution < 1.29 is 14.3 Å². The summed E-state index contributed by atoms with van der Waals surface area (Å²) in [4.78, 5) is 15.7. The van der Waals surface area contributed by atoms with Gasteiger partial charge in [0.15, 0.2) is 0 Å². The Morgan fingerprint density at radius 3 is 2.92 bits per heavy atom. The van der Waals surface area contributed by atoms with E-state index in [0.717, 1.165) is 18.5 Å². The number of amides is 1. The molecule has 1 amide bonds. The fraction of sp³-hybridized carbons (Fsp3) is 0.444. The number of rotatable bonds is 6. The summed E-state index contributed by atoms with van der Waals surface area (Å²) in [5.74, 6) is 0.582. The number of carbonyl (C=O) groups is 1. The topological polar surface area (TPSA) is 73.7 Å². The zero-order valence-corrected chi connectivity index (χ0v) is 14.3. The summed E-state index contributed by atoms with van der Waals surface area (Å²) in [5.41, 5.74) is 1.30. The van der Waals surface area contributed by atoms with Gasteiger partial charge in [-0.25, -0.2) is 4.79 Å². The van der Waals surface area contributed by atoms with E-state index < -0.39 is 6.09 Å². The summed E-state index contributed by atoms with van der Waals surface area (Å²) in [6.45, 7) is 6.28. The summed E-state index contributed by atoms with van der Waals surface area (Å²) in [7, 11) is 0. The molecule has 1 unspecified atom stereocenters. The van der Waals surface area contributed by atoms with Crippen LogP contribution in [0.4, 0.5) is 4.79 Å². The smallest absolute Gasteiger partial charge is 0.434 e. The van der Waals surface area contributed by atoms with Gasteiger partial charge in [-0.15, -0.1) is 0 Å². The number of aromatic nitrogens is 2. The van der Waals surface area contributed by atoms with Crippen molar-refractivity contribution in [3.63, 3.8) is 0 Å². The second kappa shape index (κ2) is 8.96. The maximum absolute atomic E-state index is 11.7. The summed E-state index contributed by atoms with van der Waals surface area (Å²) in [6, 6.07) is 3.73. The molecule has 0 radical (unpaired) electrons. The second-order valence-corrected chi connectivity index (χ2v) is 5.70. The molecule has 1 aliphatic rings. The van der Waals surface area contributed by atoms with Gasteiger partial charge in [0.25, 0.3) is 0 Å². The van der Waals surface area contributed by atoms with Gasteiger partial charge in [-0.1, -0.05) is 19.4 Å². The van der Waals surface area contributed by atoms with Crippen molar-refractivity contribution in [1.82, 2.24) is 10.2 Å². The zero-order chi connectivity index (χ0) is 17.4. The third-order valence-corrected chi connectivity index (χ3v) is 3.29. The number of ether oxygens (including phenoxy) is 2. The molecule has 1 aromatic rings. The molecule has 0 saturated heterocycles. The highest BCUT2D eigenvalue weighted by atomic mass is 16.6. The number of unbranched alkanes of at least 4 members (excludes halogenated alkanes) is 1. The van der Waals surface area contributed by atoms with Crippen molar-refractivity contribution in [1.29, 1.82) is 0 Å². The zero-order valence-electron chi connectivity index (χ0n) is 14.3. The lowest BCUT2D eigenvalue weighted by molar-refractivity contribution is 0.126. The van der Waals surface area contributed by atoms with Crippen molar-refractivity contribution >= 4 is 11.8 Å². The summed E-state index contributed by atoms with van der Waals surface area (Å²) >= 11 is 0. The lowest BCUT2D eigenvalue weighted by Gasteiger charge is -2.20. The Morgan fingerprint density at radius 1 is 1.42 bits per heavy atom. The largest absolute Gasteiger partial charge is 0.497 e. The average molecular weight is 329 g/mol. The van der Waals surface area contributed by atoms with Crippen LogP contribution < -0.4 is 0 Å². The normalized spacial score (nSPS) is 18.6. The third kappa shape index (κ3) is 5.30. The van der Waals surface area contributed by atoms with Crippen LogP contribution in [-0.2, 0) is 9.47 Å². The van der Waals surface area contributed by atoms with E-state index >= 15 is 0 Å². The van der Waals surface area contributed by atoms with Gasteiger partial charge >= 0.3 is 6.09 Å². The van der Waals surface area contributed by atoms with Crippen LogP contribution in [0.5, 0.6) is 0 Å². The molecule has 24 heavy (non-hydrogen) atoms. The van der Waals surface area contributed by atoms with Crippen LogP contribution in [-0.4, -0.2) is 34.7 Å². The van der Waals surface area contributed by atoms with Gasteiger partial charge in [0.05, 0.1) is 30.0 Å². The van der Waals surface area contributed by atoms with Crippen LogP contribution in [0.2, 0.25) is 0 Å². The number of carbonyl (C=O) groups excluding carboxylic acids is 1. The third-order valence-electron chi connectivity index (χ3n) is 3.29. The van der Waals surface area contributed by atoms with E-state index in [9.17, 15) is 4.79 Å². The standard InChI is InChI=1S/C18H23N3O3/c1-4-5-11-23-17-12-14(20-18(22)24-13(2)3)8-9-15(17)16-7-6-10-19-21-16/h6-10,12-13,15H,4-5,11H2,1-3H3/b20-14-. The highest BCUT2D eigenvalue weighted by molar-refractivity contribution is 6.09. The van der Waals surface area contributed by atoms with E-state index in [2.05, 4.69) is 22.1 Å². The quantitative estimate of drug-likeness (QED) is 0.742. The van der Waals surface area contributed by atoms with Gasteiger partial charge in [0.1, 0.15) is 5.76 Å². The SMILES string of the molecule is CCCCOC1=C/C(=N\C(=O)OC(C)C)C=CC1c1cccnn1. The summed E-state index contributed by atoms with van der Waals surface area (Å²) in [6.07, 6.45) is 8.26. The maximum Gasteiger partial charge on any atom is 0.434 e. The molecule has 0 spiro atoms. The first kappa shape index (κ1) is 17.8. The van der Waals surface area contributed by atoms with Crippen molar-refractivity contribution in [2.24, 2.45) is 4.99 Å². The molecule has 0 saturated carbocycles. The van der Waals surface area contributed by atoms with Gasteiger partial charge < -0.3 is 9.47 Å². The van der Waals surface area contributed by atoms with E-state index in [0.29, 0.717) is 18.1 Å². The van der Waals surface area contributed by atoms with Gasteiger partial charge in [0.2, 0.25) is 0 Å². The lowest BCUT2D eigenvalue weighted by atomic mass is 9.96. The van der Waals surface area contributed by atoms with E-state index in [1.807, 2.05) is 18.2 Å². The molecule has 0 N–H and O–H groups in total. The predicted octanol–water partition coefficient (Wildman–Crippen LogP) is 3.82. The van der Waals surface area contributed by atoms with Crippen molar-refractivity contribution in [3.8, 4) is 0 Å². The maximum atomic E-state index is 11.7. The van der Waals surface area contributed by atoms with Crippen LogP contribution >= 0.6 is 0 Å². The van der Waals surface area contributed by atoms with Crippen LogP contribution in [0.1, 0.15) is 45.2 Å². The Labute approximate surface area is 142 Å². The molecular weight excluding hydrogens is 306 g/mol. The predicted molar refractivity (Wildman–Crippen MR) is 91.9 cm³/mol. The van der Waals surface area contributed by atoms with Crippen molar-refractivity contribution in [2.75, 3.05) is 6.61 Å². The van der Waals surface area contributed by atoms with Crippen molar-refractivity contribution in [2.45, 2.75) is 45.6 Å². The molecule has 0 bridgehead atoms. The first-order chi connectivity index (χ1) is 11.6. The Hall–Kier alpha value is -2.50. The van der Waals surface area contributed by atoms with Crippen LogP contribution in [0.25, 0.3) is 0 Å². The van der Waals surface area contributed by atoms with Crippen molar-refractivity contribution in [3.05, 3.63) is 48.0 Å². The Kier molecular flexibility index (Phi) is 6.66. The molecule has 2 rings (SSSR count). The molecule has 6 nitrogen and oxygen atoms in total. The van der Waals surface area contributed by atoms with E-state index in [4.69, 9.17) is 9.47 Å². The van der Waals surface area contributed by atoms with E-state index in [1.165, 1.54) is 0 Å². The Morgan fingerprint density at radius 2 is 2.25 bits per heavy atom. The molecule has 1 atom stereocenters. The molecule has 1 aliphatic carbocycles. The molecule has 6 heteroatoms. The molecule has 128 valence electrons. The van der Waals surface area contributed by atoms with Gasteiger partial charge in [-0.3, -0.25) is 0 Å². The number of aliphatic imine (C=N–C) groups is 1. The fourth-order valence-corrected chi connectivity index (χ4v) is 2.17. The van der Waals surface area contributed by atoms with Gasteiger partial charge in [-0.05, 0) is 38.5 Å². The minimum absolute atomic E-state index is 0.129. The van der Waals surface area contributed by atoms with Gasteiger partial charge in [-0.2, -0.15) is 15.2 Å². The molecule has 0 aromatic carbocycles. The molecule has 1 heterocycles. The molecule has 0 aliphatic heterocycles. The Balaban J connectivity index is 2.20. The van der Waals surface area contributed by atoms with Gasteiger partial charge in [0, 0.05) is 12.3 Å². The number of hydrogen-bond acceptors (Lipinski definition) is 5. The molecule has 0 fully saturated rings.